The lowest BCUT2D eigenvalue weighted by molar-refractivity contribution is 0.232. The Morgan fingerprint density at radius 3 is 2.47 bits per heavy atom. The van der Waals surface area contributed by atoms with Crippen LogP contribution in [0.1, 0.15) is 59.3 Å². The van der Waals surface area contributed by atoms with Gasteiger partial charge < -0.3 is 15.5 Å². The molecule has 2 N–H and O–H groups in total. The van der Waals surface area contributed by atoms with Gasteiger partial charge in [-0.15, -0.1) is 0 Å². The molecular formula is C15H31N3O. The Hall–Kier alpha value is -0.770. The minimum absolute atomic E-state index is 0.0160. The molecule has 0 aromatic rings. The molecule has 2 amide bonds. The van der Waals surface area contributed by atoms with E-state index in [4.69, 9.17) is 0 Å². The van der Waals surface area contributed by atoms with Crippen molar-refractivity contribution < 1.29 is 4.79 Å². The summed E-state index contributed by atoms with van der Waals surface area (Å²) < 4.78 is 0. The van der Waals surface area contributed by atoms with Crippen LogP contribution in [-0.4, -0.2) is 42.6 Å². The van der Waals surface area contributed by atoms with Gasteiger partial charge in [0, 0.05) is 12.1 Å². The van der Waals surface area contributed by atoms with Crippen LogP contribution < -0.4 is 10.6 Å². The number of nitrogens with zero attached hydrogens (tertiary/aromatic N) is 1. The molecule has 1 aliphatic rings. The van der Waals surface area contributed by atoms with E-state index in [1.165, 1.54) is 12.8 Å². The molecule has 1 atom stereocenters. The molecule has 0 aromatic heterocycles. The van der Waals surface area contributed by atoms with E-state index < -0.39 is 0 Å². The molecule has 1 unspecified atom stereocenters. The predicted molar refractivity (Wildman–Crippen MR) is 80.4 cm³/mol. The van der Waals surface area contributed by atoms with Gasteiger partial charge in [0.05, 0.1) is 0 Å². The summed E-state index contributed by atoms with van der Waals surface area (Å²) in [5.74, 6) is 0. The zero-order valence-electron chi connectivity index (χ0n) is 12.9. The van der Waals surface area contributed by atoms with Crippen LogP contribution in [0.2, 0.25) is 0 Å². The fourth-order valence-electron chi connectivity index (χ4n) is 2.75. The molecule has 0 heterocycles. The molecule has 0 spiro atoms. The highest BCUT2D eigenvalue weighted by atomic mass is 16.2. The van der Waals surface area contributed by atoms with Gasteiger partial charge in [0.25, 0.3) is 0 Å². The summed E-state index contributed by atoms with van der Waals surface area (Å²) in [5, 5.41) is 6.12. The standard InChI is InChI=1S/C15H31N3O/c1-4-18(5-2)12-8-9-13(3)16-15(19)17-14-10-6-7-11-14/h13-14H,4-12H2,1-3H3,(H2,16,17,19). The largest absolute Gasteiger partial charge is 0.336 e. The second-order valence-electron chi connectivity index (χ2n) is 5.67. The first-order chi connectivity index (χ1) is 9.15. The van der Waals surface area contributed by atoms with Crippen molar-refractivity contribution in [2.75, 3.05) is 19.6 Å². The van der Waals surface area contributed by atoms with E-state index in [0.29, 0.717) is 6.04 Å². The predicted octanol–water partition coefficient (Wildman–Crippen LogP) is 2.74. The maximum atomic E-state index is 11.8. The average Bonchev–Trinajstić information content (AvgIpc) is 2.87. The quantitative estimate of drug-likeness (QED) is 0.711. The first kappa shape index (κ1) is 16.3. The zero-order chi connectivity index (χ0) is 14.1. The molecule has 4 nitrogen and oxygen atoms in total. The normalized spacial score (nSPS) is 17.7. The highest BCUT2D eigenvalue weighted by Crippen LogP contribution is 2.17. The van der Waals surface area contributed by atoms with Crippen molar-refractivity contribution in [2.24, 2.45) is 0 Å². The summed E-state index contributed by atoms with van der Waals surface area (Å²) in [6.45, 7) is 9.83. The SMILES string of the molecule is CCN(CC)CCCC(C)NC(=O)NC1CCCC1. The highest BCUT2D eigenvalue weighted by molar-refractivity contribution is 5.74. The van der Waals surface area contributed by atoms with Gasteiger partial charge in [0.1, 0.15) is 0 Å². The van der Waals surface area contributed by atoms with Crippen molar-refractivity contribution in [3.05, 3.63) is 0 Å². The number of carbonyl (C=O) groups excluding carboxylic acids is 1. The third-order valence-electron chi connectivity index (χ3n) is 4.07. The molecule has 19 heavy (non-hydrogen) atoms. The van der Waals surface area contributed by atoms with E-state index in [0.717, 1.165) is 45.3 Å². The van der Waals surface area contributed by atoms with Crippen molar-refractivity contribution in [2.45, 2.75) is 71.4 Å². The van der Waals surface area contributed by atoms with Crippen LogP contribution >= 0.6 is 0 Å². The third kappa shape index (κ3) is 6.81. The molecule has 1 aliphatic carbocycles. The van der Waals surface area contributed by atoms with Gasteiger partial charge in [-0.3, -0.25) is 0 Å². The maximum absolute atomic E-state index is 11.8. The lowest BCUT2D eigenvalue weighted by Crippen LogP contribution is -2.44. The Morgan fingerprint density at radius 1 is 1.26 bits per heavy atom. The van der Waals surface area contributed by atoms with Gasteiger partial charge >= 0.3 is 6.03 Å². The van der Waals surface area contributed by atoms with Crippen LogP contribution in [-0.2, 0) is 0 Å². The monoisotopic (exact) mass is 269 g/mol. The second kappa shape index (κ2) is 9.18. The van der Waals surface area contributed by atoms with E-state index in [1.807, 2.05) is 0 Å². The van der Waals surface area contributed by atoms with E-state index in [9.17, 15) is 4.79 Å². The molecule has 0 saturated heterocycles. The number of hydrogen-bond donors (Lipinski definition) is 2. The maximum Gasteiger partial charge on any atom is 0.315 e. The number of rotatable bonds is 8. The molecule has 0 aromatic carbocycles. The van der Waals surface area contributed by atoms with E-state index in [-0.39, 0.29) is 12.1 Å². The molecule has 4 heteroatoms. The van der Waals surface area contributed by atoms with E-state index in [2.05, 4.69) is 36.3 Å². The first-order valence-electron chi connectivity index (χ1n) is 7.95. The van der Waals surface area contributed by atoms with Crippen LogP contribution in [0.25, 0.3) is 0 Å². The van der Waals surface area contributed by atoms with Crippen molar-refractivity contribution >= 4 is 6.03 Å². The number of carbonyl (C=O) groups is 1. The smallest absolute Gasteiger partial charge is 0.315 e. The molecule has 0 radical (unpaired) electrons. The van der Waals surface area contributed by atoms with Crippen LogP contribution in [0.3, 0.4) is 0 Å². The van der Waals surface area contributed by atoms with Gasteiger partial charge in [-0.05, 0) is 52.2 Å². The Balaban J connectivity index is 2.08. The van der Waals surface area contributed by atoms with E-state index >= 15 is 0 Å². The van der Waals surface area contributed by atoms with Crippen LogP contribution in [0.15, 0.2) is 0 Å². The number of urea groups is 1. The fourth-order valence-corrected chi connectivity index (χ4v) is 2.75. The molecule has 1 rings (SSSR count). The van der Waals surface area contributed by atoms with Gasteiger partial charge in [0.2, 0.25) is 0 Å². The van der Waals surface area contributed by atoms with Crippen LogP contribution in [0, 0.1) is 0 Å². The summed E-state index contributed by atoms with van der Waals surface area (Å²) >= 11 is 0. The first-order valence-corrected chi connectivity index (χ1v) is 7.95. The number of hydrogen-bond acceptors (Lipinski definition) is 2. The third-order valence-corrected chi connectivity index (χ3v) is 4.07. The van der Waals surface area contributed by atoms with Crippen molar-refractivity contribution in [1.29, 1.82) is 0 Å². The summed E-state index contributed by atoms with van der Waals surface area (Å²) in [6, 6.07) is 0.682. The lowest BCUT2D eigenvalue weighted by Gasteiger charge is -2.20. The number of nitrogens with one attached hydrogen (secondary N) is 2. The molecule has 112 valence electrons. The molecule has 0 aliphatic heterocycles. The second-order valence-corrected chi connectivity index (χ2v) is 5.67. The highest BCUT2D eigenvalue weighted by Gasteiger charge is 2.17. The minimum Gasteiger partial charge on any atom is -0.336 e. The van der Waals surface area contributed by atoms with Gasteiger partial charge in [-0.25, -0.2) is 4.79 Å². The average molecular weight is 269 g/mol. The van der Waals surface area contributed by atoms with Gasteiger partial charge in [0.15, 0.2) is 0 Å². The van der Waals surface area contributed by atoms with Gasteiger partial charge in [-0.2, -0.15) is 0 Å². The van der Waals surface area contributed by atoms with Crippen LogP contribution in [0.5, 0.6) is 0 Å². The Morgan fingerprint density at radius 2 is 1.89 bits per heavy atom. The summed E-state index contributed by atoms with van der Waals surface area (Å²) in [5.41, 5.74) is 0. The number of amides is 2. The van der Waals surface area contributed by atoms with Crippen molar-refractivity contribution in [3.8, 4) is 0 Å². The van der Waals surface area contributed by atoms with Crippen molar-refractivity contribution in [3.63, 3.8) is 0 Å². The Bertz CT molecular complexity index is 248. The molecule has 1 saturated carbocycles. The lowest BCUT2D eigenvalue weighted by atomic mass is 10.2. The molecule has 0 bridgehead atoms. The van der Waals surface area contributed by atoms with Crippen molar-refractivity contribution in [1.82, 2.24) is 15.5 Å². The van der Waals surface area contributed by atoms with Crippen LogP contribution in [0.4, 0.5) is 4.79 Å². The Kier molecular flexibility index (Phi) is 7.87. The molecule has 1 fully saturated rings. The molecular weight excluding hydrogens is 238 g/mol. The zero-order valence-corrected chi connectivity index (χ0v) is 12.9. The summed E-state index contributed by atoms with van der Waals surface area (Å²) in [4.78, 5) is 14.2. The summed E-state index contributed by atoms with van der Waals surface area (Å²) in [7, 11) is 0. The van der Waals surface area contributed by atoms with E-state index in [1.54, 1.807) is 0 Å². The Labute approximate surface area is 118 Å². The minimum atomic E-state index is 0.0160. The fraction of sp³-hybridized carbons (Fsp3) is 0.933. The van der Waals surface area contributed by atoms with Gasteiger partial charge in [-0.1, -0.05) is 26.7 Å². The summed E-state index contributed by atoms with van der Waals surface area (Å²) in [6.07, 6.45) is 6.99. The topological polar surface area (TPSA) is 44.4 Å².